The highest BCUT2D eigenvalue weighted by atomic mass is 16.2. The summed E-state index contributed by atoms with van der Waals surface area (Å²) < 4.78 is 0. The predicted octanol–water partition coefficient (Wildman–Crippen LogP) is 1.45. The molecule has 0 aromatic rings. The summed E-state index contributed by atoms with van der Waals surface area (Å²) in [5.74, 6) is -1.02. The van der Waals surface area contributed by atoms with Gasteiger partial charge in [0.25, 0.3) is 0 Å². The molecule has 0 spiro atoms. The summed E-state index contributed by atoms with van der Waals surface area (Å²) in [5, 5.41) is 2.99. The van der Waals surface area contributed by atoms with E-state index >= 15 is 0 Å². The summed E-state index contributed by atoms with van der Waals surface area (Å²) in [5.41, 5.74) is 10.2. The first-order valence-electron chi connectivity index (χ1n) is 7.39. The fourth-order valence-electron chi connectivity index (χ4n) is 2.01. The first-order chi connectivity index (χ1) is 9.07. The Morgan fingerprint density at radius 2 is 1.47 bits per heavy atom. The summed E-state index contributed by atoms with van der Waals surface area (Å²) in [6.45, 7) is 2.92. The van der Waals surface area contributed by atoms with Gasteiger partial charge in [-0.25, -0.2) is 0 Å². The van der Waals surface area contributed by atoms with E-state index in [1.165, 1.54) is 38.5 Å². The van der Waals surface area contributed by atoms with Gasteiger partial charge in [-0.2, -0.15) is 0 Å². The fourth-order valence-corrected chi connectivity index (χ4v) is 2.01. The highest BCUT2D eigenvalue weighted by Gasteiger charge is 2.16. The molecular formula is C14H29N3O2. The molecule has 1 atom stereocenters. The van der Waals surface area contributed by atoms with E-state index in [1.54, 1.807) is 0 Å². The molecule has 2 amide bonds. The van der Waals surface area contributed by atoms with Crippen LogP contribution in [0.25, 0.3) is 0 Å². The monoisotopic (exact) mass is 271 g/mol. The average molecular weight is 271 g/mol. The lowest BCUT2D eigenvalue weighted by Gasteiger charge is -2.13. The maximum absolute atomic E-state index is 11.1. The van der Waals surface area contributed by atoms with Gasteiger partial charge in [0.2, 0.25) is 11.8 Å². The van der Waals surface area contributed by atoms with Crippen LogP contribution in [0, 0.1) is 0 Å². The van der Waals surface area contributed by atoms with Crippen molar-refractivity contribution in [2.45, 2.75) is 70.8 Å². The maximum atomic E-state index is 11.1. The smallest absolute Gasteiger partial charge is 0.235 e. The molecule has 0 saturated heterocycles. The SMILES string of the molecule is CCCCCCCCCCN[C@@H](CC(N)=O)C(N)=O. The molecule has 0 bridgehead atoms. The topological polar surface area (TPSA) is 98.2 Å². The Kier molecular flexibility index (Phi) is 11.3. The molecule has 0 unspecified atom stereocenters. The van der Waals surface area contributed by atoms with Crippen molar-refractivity contribution in [3.8, 4) is 0 Å². The van der Waals surface area contributed by atoms with Crippen LogP contribution in [-0.4, -0.2) is 24.4 Å². The summed E-state index contributed by atoms with van der Waals surface area (Å²) >= 11 is 0. The Morgan fingerprint density at radius 3 is 1.95 bits per heavy atom. The number of unbranched alkanes of at least 4 members (excludes halogenated alkanes) is 7. The molecule has 0 aliphatic carbocycles. The number of hydrogen-bond donors (Lipinski definition) is 3. The van der Waals surface area contributed by atoms with E-state index in [-0.39, 0.29) is 6.42 Å². The van der Waals surface area contributed by atoms with Crippen LogP contribution < -0.4 is 16.8 Å². The van der Waals surface area contributed by atoms with Gasteiger partial charge in [-0.1, -0.05) is 51.9 Å². The van der Waals surface area contributed by atoms with E-state index in [1.807, 2.05) is 0 Å². The lowest BCUT2D eigenvalue weighted by molar-refractivity contribution is -0.125. The van der Waals surface area contributed by atoms with Crippen molar-refractivity contribution in [2.24, 2.45) is 11.5 Å². The number of primary amides is 2. The molecule has 0 saturated carbocycles. The van der Waals surface area contributed by atoms with Crippen LogP contribution in [0.1, 0.15) is 64.7 Å². The first kappa shape index (κ1) is 17.9. The molecule has 0 rings (SSSR count). The molecule has 0 fully saturated rings. The number of carbonyl (C=O) groups excluding carboxylic acids is 2. The zero-order valence-corrected chi connectivity index (χ0v) is 12.1. The number of amides is 2. The largest absolute Gasteiger partial charge is 0.370 e. The molecule has 0 aromatic heterocycles. The highest BCUT2D eigenvalue weighted by Crippen LogP contribution is 2.08. The van der Waals surface area contributed by atoms with Gasteiger partial charge in [0.15, 0.2) is 0 Å². The van der Waals surface area contributed by atoms with Crippen molar-refractivity contribution in [1.29, 1.82) is 0 Å². The highest BCUT2D eigenvalue weighted by molar-refractivity contribution is 5.86. The lowest BCUT2D eigenvalue weighted by atomic mass is 10.1. The van der Waals surface area contributed by atoms with Crippen LogP contribution in [0.4, 0.5) is 0 Å². The number of nitrogens with two attached hydrogens (primary N) is 2. The minimum atomic E-state index is -0.623. The number of nitrogens with one attached hydrogen (secondary N) is 1. The van der Waals surface area contributed by atoms with Gasteiger partial charge in [-0.05, 0) is 13.0 Å². The molecule has 0 heterocycles. The Morgan fingerprint density at radius 1 is 0.947 bits per heavy atom. The van der Waals surface area contributed by atoms with Gasteiger partial charge >= 0.3 is 0 Å². The minimum absolute atomic E-state index is 0.0215. The van der Waals surface area contributed by atoms with E-state index in [2.05, 4.69) is 12.2 Å². The van der Waals surface area contributed by atoms with Gasteiger partial charge in [-0.15, -0.1) is 0 Å². The van der Waals surface area contributed by atoms with Crippen LogP contribution in [0.3, 0.4) is 0 Å². The van der Waals surface area contributed by atoms with Crippen molar-refractivity contribution in [1.82, 2.24) is 5.32 Å². The Bertz CT molecular complexity index is 257. The fraction of sp³-hybridized carbons (Fsp3) is 0.857. The number of hydrogen-bond acceptors (Lipinski definition) is 3. The molecule has 112 valence electrons. The molecule has 0 aromatic carbocycles. The second kappa shape index (κ2) is 12.0. The summed E-state index contributed by atoms with van der Waals surface area (Å²) in [6, 6.07) is -0.623. The third-order valence-electron chi connectivity index (χ3n) is 3.17. The zero-order chi connectivity index (χ0) is 14.5. The van der Waals surface area contributed by atoms with Crippen molar-refractivity contribution >= 4 is 11.8 Å². The molecule has 5 heteroatoms. The quantitative estimate of drug-likeness (QED) is 0.442. The van der Waals surface area contributed by atoms with Crippen molar-refractivity contribution < 1.29 is 9.59 Å². The van der Waals surface area contributed by atoms with Crippen LogP contribution in [0.2, 0.25) is 0 Å². The predicted molar refractivity (Wildman–Crippen MR) is 77.4 cm³/mol. The van der Waals surface area contributed by atoms with E-state index in [9.17, 15) is 9.59 Å². The lowest BCUT2D eigenvalue weighted by Crippen LogP contribution is -2.44. The van der Waals surface area contributed by atoms with Crippen LogP contribution in [-0.2, 0) is 9.59 Å². The number of rotatable bonds is 13. The normalized spacial score (nSPS) is 12.3. The molecule has 19 heavy (non-hydrogen) atoms. The minimum Gasteiger partial charge on any atom is -0.370 e. The van der Waals surface area contributed by atoms with Gasteiger partial charge in [0.1, 0.15) is 0 Å². The van der Waals surface area contributed by atoms with Crippen LogP contribution in [0.15, 0.2) is 0 Å². The molecule has 5 N–H and O–H groups in total. The first-order valence-corrected chi connectivity index (χ1v) is 7.39. The van der Waals surface area contributed by atoms with Gasteiger partial charge in [-0.3, -0.25) is 9.59 Å². The van der Waals surface area contributed by atoms with Gasteiger partial charge < -0.3 is 16.8 Å². The van der Waals surface area contributed by atoms with Gasteiger partial charge in [0, 0.05) is 0 Å². The Hall–Kier alpha value is -1.10. The van der Waals surface area contributed by atoms with Crippen molar-refractivity contribution in [2.75, 3.05) is 6.54 Å². The average Bonchev–Trinajstić information content (AvgIpc) is 2.34. The van der Waals surface area contributed by atoms with E-state index in [0.29, 0.717) is 6.54 Å². The van der Waals surface area contributed by atoms with Crippen molar-refractivity contribution in [3.05, 3.63) is 0 Å². The molecule has 0 aliphatic heterocycles. The van der Waals surface area contributed by atoms with Crippen LogP contribution in [0.5, 0.6) is 0 Å². The summed E-state index contributed by atoms with van der Waals surface area (Å²) in [6.07, 6.45) is 9.87. The zero-order valence-electron chi connectivity index (χ0n) is 12.1. The summed E-state index contributed by atoms with van der Waals surface area (Å²) in [4.78, 5) is 21.8. The maximum Gasteiger partial charge on any atom is 0.235 e. The standard InChI is InChI=1S/C14H29N3O2/c1-2-3-4-5-6-7-8-9-10-17-12(14(16)19)11-13(15)18/h12,17H,2-11H2,1H3,(H2,15,18)(H2,16,19)/t12-/m0/s1. The van der Waals surface area contributed by atoms with Crippen LogP contribution >= 0.6 is 0 Å². The molecule has 0 radical (unpaired) electrons. The molecular weight excluding hydrogens is 242 g/mol. The third-order valence-corrected chi connectivity index (χ3v) is 3.17. The van der Waals surface area contributed by atoms with E-state index in [4.69, 9.17) is 11.5 Å². The third kappa shape index (κ3) is 11.7. The van der Waals surface area contributed by atoms with E-state index in [0.717, 1.165) is 12.8 Å². The van der Waals surface area contributed by atoms with Gasteiger partial charge in [0.05, 0.1) is 12.5 Å². The van der Waals surface area contributed by atoms with E-state index < -0.39 is 17.9 Å². The summed E-state index contributed by atoms with van der Waals surface area (Å²) in [7, 11) is 0. The second-order valence-corrected chi connectivity index (χ2v) is 5.05. The number of carbonyl (C=O) groups is 2. The second-order valence-electron chi connectivity index (χ2n) is 5.05. The molecule has 5 nitrogen and oxygen atoms in total. The molecule has 0 aliphatic rings. The van der Waals surface area contributed by atoms with Crippen molar-refractivity contribution in [3.63, 3.8) is 0 Å². The Labute approximate surface area is 116 Å². The Balaban J connectivity index is 3.45.